The van der Waals surface area contributed by atoms with E-state index >= 15 is 4.79 Å². The number of anilines is 1. The number of amides is 2. The molecule has 2 amide bonds. The summed E-state index contributed by atoms with van der Waals surface area (Å²) in [5.41, 5.74) is 3.49. The number of para-hydroxylation sites is 1. The average Bonchev–Trinajstić information content (AvgIpc) is 3.41. The van der Waals surface area contributed by atoms with E-state index in [4.69, 9.17) is 9.47 Å². The predicted octanol–water partition coefficient (Wildman–Crippen LogP) is 5.42. The highest BCUT2D eigenvalue weighted by molar-refractivity contribution is 6.25. The lowest BCUT2D eigenvalue weighted by atomic mass is 9.57. The maximum Gasteiger partial charge on any atom is 0.421 e. The Morgan fingerprint density at radius 1 is 1.19 bits per heavy atom. The second-order valence-corrected chi connectivity index (χ2v) is 15.4. The zero-order valence-electron chi connectivity index (χ0n) is 26.4. The fourth-order valence-corrected chi connectivity index (χ4v) is 8.87. The first-order valence-electron chi connectivity index (χ1n) is 15.3. The van der Waals surface area contributed by atoms with Crippen molar-refractivity contribution in [3.63, 3.8) is 0 Å². The highest BCUT2D eigenvalue weighted by Crippen LogP contribution is 2.71. The van der Waals surface area contributed by atoms with Crippen LogP contribution in [0, 0.1) is 5.41 Å². The van der Waals surface area contributed by atoms with Crippen LogP contribution in [-0.2, 0) is 19.7 Å². The van der Waals surface area contributed by atoms with Gasteiger partial charge in [-0.3, -0.25) is 14.5 Å². The van der Waals surface area contributed by atoms with Gasteiger partial charge in [0, 0.05) is 34.5 Å². The molecule has 11 heteroatoms. The molecule has 4 aliphatic heterocycles. The molecule has 1 aromatic carbocycles. The molecule has 1 aromatic rings. The van der Waals surface area contributed by atoms with Crippen LogP contribution < -0.4 is 4.90 Å². The number of fused-ring (bicyclic) bond motifs is 4. The van der Waals surface area contributed by atoms with Gasteiger partial charge in [-0.2, -0.15) is 0 Å². The van der Waals surface area contributed by atoms with E-state index in [2.05, 4.69) is 21.8 Å². The summed E-state index contributed by atoms with van der Waals surface area (Å²) >= 11 is 0. The molecule has 0 aromatic heterocycles. The molecule has 43 heavy (non-hydrogen) atoms. The number of aliphatic hydroxyl groups is 1. The molecule has 4 fully saturated rings. The van der Waals surface area contributed by atoms with Gasteiger partial charge in [-0.05, 0) is 84.4 Å². The quantitative estimate of drug-likeness (QED) is 0.162. The maximum absolute atomic E-state index is 15.1. The number of hydrogen-bond donors (Lipinski definition) is 1. The summed E-state index contributed by atoms with van der Waals surface area (Å²) in [6.07, 6.45) is 1.61. The summed E-state index contributed by atoms with van der Waals surface area (Å²) in [7, 11) is 0. The van der Waals surface area contributed by atoms with Crippen molar-refractivity contribution in [1.29, 1.82) is 0 Å². The monoisotopic (exact) mass is 593 g/mol. The fraction of sp³-hybridized carbons (Fsp3) is 0.719. The van der Waals surface area contributed by atoms with Crippen molar-refractivity contribution in [3.05, 3.63) is 39.8 Å². The number of ketones is 1. The van der Waals surface area contributed by atoms with Crippen molar-refractivity contribution in [2.75, 3.05) is 11.4 Å². The van der Waals surface area contributed by atoms with Gasteiger partial charge >= 0.3 is 6.09 Å². The first-order chi connectivity index (χ1) is 19.9. The molecule has 1 N–H and O–H groups in total. The number of carbonyl (C=O) groups excluding carboxylic acids is 3. The summed E-state index contributed by atoms with van der Waals surface area (Å²) in [6, 6.07) is 5.37. The Bertz CT molecular complexity index is 1480. The minimum atomic E-state index is -1.58. The topological polar surface area (TPSA) is 148 Å². The molecule has 1 spiro atoms. The SMILES string of the molecule is C[C@H]1CCC[C@@H]2C[C@]3(O)C(C)(C)[C@]4(C[C@@]3(N=[N+]=[N-])CN21)C(=O)N(C(=O)OC(C)(C)C)c1c(C(=O)[C@@H]2OC2(C)C)cccc14. The number of Topliss-reactive ketones (excluding diaryl/α,β-unsaturated/α-hetero) is 1. The Balaban J connectivity index is 1.59. The second-order valence-electron chi connectivity index (χ2n) is 15.4. The van der Waals surface area contributed by atoms with E-state index in [1.54, 1.807) is 39.0 Å². The van der Waals surface area contributed by atoms with Gasteiger partial charge < -0.3 is 14.6 Å². The zero-order chi connectivity index (χ0) is 31.5. The van der Waals surface area contributed by atoms with Gasteiger partial charge in [0.2, 0.25) is 5.91 Å². The molecule has 0 radical (unpaired) electrons. The van der Waals surface area contributed by atoms with E-state index in [-0.39, 0.29) is 35.5 Å². The van der Waals surface area contributed by atoms with E-state index in [0.29, 0.717) is 18.5 Å². The summed E-state index contributed by atoms with van der Waals surface area (Å²) in [5.74, 6) is -0.915. The van der Waals surface area contributed by atoms with Gasteiger partial charge in [0.05, 0.1) is 27.8 Å². The first kappa shape index (κ1) is 30.1. The fourth-order valence-electron chi connectivity index (χ4n) is 8.87. The van der Waals surface area contributed by atoms with Crippen LogP contribution in [0.3, 0.4) is 0 Å². The standard InChI is InChI=1S/C32H43N5O6/c1-18-11-9-12-19-15-32(41)29(7,8)31(16-30(32,34-35-33)17-36(18)19)21-14-10-13-20(23(38)24-28(5,6)42-24)22(21)37(25(31)39)26(40)43-27(2,3)4/h10,13-14,18-19,24,41H,9,11-12,15-17H2,1-8H3/t18-,19+,24-,30+,31-,32-/m0/s1. The largest absolute Gasteiger partial charge is 0.443 e. The summed E-state index contributed by atoms with van der Waals surface area (Å²) < 4.78 is 11.4. The minimum absolute atomic E-state index is 0.0162. The lowest BCUT2D eigenvalue weighted by Crippen LogP contribution is -2.70. The number of carbonyl (C=O) groups is 3. The molecule has 4 heterocycles. The van der Waals surface area contributed by atoms with E-state index in [1.165, 1.54) is 0 Å². The highest BCUT2D eigenvalue weighted by Gasteiger charge is 2.80. The number of nitrogens with zero attached hydrogens (tertiary/aromatic N) is 5. The number of epoxide rings is 1. The summed E-state index contributed by atoms with van der Waals surface area (Å²) in [6.45, 7) is 14.9. The third kappa shape index (κ3) is 3.84. The number of hydrogen-bond acceptors (Lipinski definition) is 8. The van der Waals surface area contributed by atoms with E-state index in [1.807, 2.05) is 27.7 Å². The Morgan fingerprint density at radius 3 is 2.47 bits per heavy atom. The van der Waals surface area contributed by atoms with Crippen LogP contribution in [0.25, 0.3) is 10.4 Å². The number of piperidine rings is 2. The molecule has 232 valence electrons. The highest BCUT2D eigenvalue weighted by atomic mass is 16.6. The van der Waals surface area contributed by atoms with Crippen molar-refractivity contribution in [1.82, 2.24) is 4.90 Å². The van der Waals surface area contributed by atoms with Crippen molar-refractivity contribution < 1.29 is 29.0 Å². The summed E-state index contributed by atoms with van der Waals surface area (Å²) in [5, 5.41) is 17.3. The molecule has 1 aliphatic carbocycles. The number of ether oxygens (including phenoxy) is 2. The lowest BCUT2D eigenvalue weighted by Gasteiger charge is -2.58. The Labute approximate surface area is 252 Å². The van der Waals surface area contributed by atoms with E-state index < -0.39 is 51.3 Å². The van der Waals surface area contributed by atoms with Crippen LogP contribution >= 0.6 is 0 Å². The van der Waals surface area contributed by atoms with Gasteiger partial charge in [-0.15, -0.1) is 0 Å². The first-order valence-corrected chi connectivity index (χ1v) is 15.3. The van der Waals surface area contributed by atoms with Gasteiger partial charge in [-0.1, -0.05) is 37.5 Å². The Kier molecular flexibility index (Phi) is 6.32. The zero-order valence-corrected chi connectivity index (χ0v) is 26.4. The molecule has 6 rings (SSSR count). The number of rotatable bonds is 3. The molecule has 3 saturated heterocycles. The van der Waals surface area contributed by atoms with Crippen molar-refractivity contribution in [2.24, 2.45) is 10.5 Å². The molecular formula is C32H43N5O6. The van der Waals surface area contributed by atoms with Crippen LogP contribution in [0.5, 0.6) is 0 Å². The van der Waals surface area contributed by atoms with Crippen LogP contribution in [0.15, 0.2) is 23.3 Å². The third-order valence-corrected chi connectivity index (χ3v) is 11.2. The Hall–Kier alpha value is -2.98. The second kappa shape index (κ2) is 9.03. The third-order valence-electron chi connectivity index (χ3n) is 11.2. The number of benzene rings is 1. The van der Waals surface area contributed by atoms with Gasteiger partial charge in [0.25, 0.3) is 0 Å². The number of azide groups is 1. The van der Waals surface area contributed by atoms with Gasteiger partial charge in [0.1, 0.15) is 11.7 Å². The smallest absolute Gasteiger partial charge is 0.421 e. The van der Waals surface area contributed by atoms with Crippen LogP contribution in [-0.4, -0.2) is 74.9 Å². The average molecular weight is 594 g/mol. The Morgan fingerprint density at radius 2 is 1.86 bits per heavy atom. The van der Waals surface area contributed by atoms with Gasteiger partial charge in [0.15, 0.2) is 5.78 Å². The molecule has 0 unspecified atom stereocenters. The van der Waals surface area contributed by atoms with Gasteiger partial charge in [-0.25, -0.2) is 9.69 Å². The van der Waals surface area contributed by atoms with E-state index in [9.17, 15) is 20.2 Å². The molecular weight excluding hydrogens is 550 g/mol. The van der Waals surface area contributed by atoms with Crippen LogP contribution in [0.1, 0.15) is 103 Å². The number of imide groups is 1. The van der Waals surface area contributed by atoms with Crippen molar-refractivity contribution in [2.45, 2.75) is 133 Å². The van der Waals surface area contributed by atoms with E-state index in [0.717, 1.165) is 24.2 Å². The molecule has 6 atom stereocenters. The molecule has 0 bridgehead atoms. The maximum atomic E-state index is 15.1. The minimum Gasteiger partial charge on any atom is -0.443 e. The van der Waals surface area contributed by atoms with Crippen molar-refractivity contribution >= 4 is 23.5 Å². The molecule has 1 saturated carbocycles. The van der Waals surface area contributed by atoms with Crippen LogP contribution in [0.2, 0.25) is 0 Å². The molecule has 5 aliphatic rings. The normalized spacial score (nSPS) is 37.3. The van der Waals surface area contributed by atoms with Crippen molar-refractivity contribution in [3.8, 4) is 0 Å². The predicted molar refractivity (Wildman–Crippen MR) is 159 cm³/mol. The van der Waals surface area contributed by atoms with Crippen LogP contribution in [0.4, 0.5) is 10.5 Å². The lowest BCUT2D eigenvalue weighted by molar-refractivity contribution is -0.164. The molecule has 11 nitrogen and oxygen atoms in total. The summed E-state index contributed by atoms with van der Waals surface area (Å²) in [4.78, 5) is 49.4.